The molecular weight excluding hydrogens is 320 g/mol. The lowest BCUT2D eigenvalue weighted by molar-refractivity contribution is 0.160. The van der Waals surface area contributed by atoms with Gasteiger partial charge in [0.2, 0.25) is 0 Å². The predicted molar refractivity (Wildman–Crippen MR) is 96.7 cm³/mol. The van der Waals surface area contributed by atoms with Gasteiger partial charge in [-0.1, -0.05) is 6.07 Å². The molecule has 0 unspecified atom stereocenters. The number of aromatic hydroxyl groups is 1. The molecule has 25 heavy (non-hydrogen) atoms. The SMILES string of the molecule is COc1cc(O)c2c(c1)cc(C)c1c3c(c(=O)oc12)C=CC(C)(C)O3. The fourth-order valence-electron chi connectivity index (χ4n) is 3.30. The molecule has 3 aromatic rings. The summed E-state index contributed by atoms with van der Waals surface area (Å²) in [5, 5.41) is 12.4. The van der Waals surface area contributed by atoms with Gasteiger partial charge in [-0.25, -0.2) is 4.79 Å². The number of aryl methyl sites for hydroxylation is 1. The average molecular weight is 338 g/mol. The van der Waals surface area contributed by atoms with E-state index >= 15 is 0 Å². The topological polar surface area (TPSA) is 68.9 Å². The van der Waals surface area contributed by atoms with Crippen LogP contribution in [0.5, 0.6) is 17.2 Å². The summed E-state index contributed by atoms with van der Waals surface area (Å²) in [5.41, 5.74) is 0.585. The third-order valence-electron chi connectivity index (χ3n) is 4.48. The Hall–Kier alpha value is -2.95. The van der Waals surface area contributed by atoms with Gasteiger partial charge in [-0.3, -0.25) is 0 Å². The van der Waals surface area contributed by atoms with E-state index in [2.05, 4.69) is 0 Å². The van der Waals surface area contributed by atoms with Crippen molar-refractivity contribution < 1.29 is 19.0 Å². The summed E-state index contributed by atoms with van der Waals surface area (Å²) in [6, 6.07) is 5.22. The molecule has 0 fully saturated rings. The zero-order chi connectivity index (χ0) is 17.9. The van der Waals surface area contributed by atoms with Crippen LogP contribution >= 0.6 is 0 Å². The Balaban J connectivity index is 2.21. The Morgan fingerprint density at radius 1 is 1.16 bits per heavy atom. The smallest absolute Gasteiger partial charge is 0.347 e. The maximum atomic E-state index is 12.5. The Kier molecular flexibility index (Phi) is 3.13. The number of ether oxygens (including phenoxy) is 2. The molecular formula is C20H18O5. The highest BCUT2D eigenvalue weighted by Crippen LogP contribution is 2.43. The number of hydrogen-bond acceptors (Lipinski definition) is 5. The Labute approximate surface area is 144 Å². The van der Waals surface area contributed by atoms with Gasteiger partial charge in [0.05, 0.1) is 17.9 Å². The van der Waals surface area contributed by atoms with Gasteiger partial charge >= 0.3 is 5.63 Å². The molecule has 0 spiro atoms. The first kappa shape index (κ1) is 15.6. The van der Waals surface area contributed by atoms with Gasteiger partial charge < -0.3 is 19.0 Å². The second-order valence-electron chi connectivity index (χ2n) is 6.81. The molecule has 128 valence electrons. The van der Waals surface area contributed by atoms with Crippen molar-refractivity contribution in [2.45, 2.75) is 26.4 Å². The molecule has 0 amide bonds. The van der Waals surface area contributed by atoms with Gasteiger partial charge in [-0.15, -0.1) is 0 Å². The number of hydrogen-bond donors (Lipinski definition) is 1. The van der Waals surface area contributed by atoms with E-state index in [0.717, 1.165) is 10.9 Å². The van der Waals surface area contributed by atoms with Gasteiger partial charge in [0, 0.05) is 6.07 Å². The molecule has 0 bridgehead atoms. The number of fused-ring (bicyclic) bond motifs is 5. The molecule has 0 aliphatic carbocycles. The Morgan fingerprint density at radius 3 is 2.64 bits per heavy atom. The summed E-state index contributed by atoms with van der Waals surface area (Å²) >= 11 is 0. The number of phenols is 1. The second-order valence-corrected chi connectivity index (χ2v) is 6.81. The molecule has 1 N–H and O–H groups in total. The van der Waals surface area contributed by atoms with Gasteiger partial charge in [0.25, 0.3) is 0 Å². The van der Waals surface area contributed by atoms with Crippen molar-refractivity contribution in [2.75, 3.05) is 7.11 Å². The van der Waals surface area contributed by atoms with Gasteiger partial charge in [0.1, 0.15) is 28.4 Å². The standard InChI is InChI=1S/C20H18O5/c1-10-7-11-8-12(23-4)9-14(21)16(11)18-15(10)17-13(19(22)24-18)5-6-20(2,3)25-17/h5-9,21H,1-4H3. The molecule has 0 atom stereocenters. The monoisotopic (exact) mass is 338 g/mol. The van der Waals surface area contributed by atoms with Crippen LogP contribution in [0.3, 0.4) is 0 Å². The van der Waals surface area contributed by atoms with E-state index in [1.54, 1.807) is 12.1 Å². The number of rotatable bonds is 1. The maximum Gasteiger partial charge on any atom is 0.347 e. The quantitative estimate of drug-likeness (QED) is 0.533. The zero-order valence-electron chi connectivity index (χ0n) is 14.5. The van der Waals surface area contributed by atoms with Crippen LogP contribution < -0.4 is 15.1 Å². The summed E-state index contributed by atoms with van der Waals surface area (Å²) in [6.07, 6.45) is 3.57. The molecule has 5 nitrogen and oxygen atoms in total. The molecule has 1 aromatic heterocycles. The van der Waals surface area contributed by atoms with Crippen molar-refractivity contribution in [3.63, 3.8) is 0 Å². The first-order valence-corrected chi connectivity index (χ1v) is 8.00. The third-order valence-corrected chi connectivity index (χ3v) is 4.48. The first-order valence-electron chi connectivity index (χ1n) is 8.00. The van der Waals surface area contributed by atoms with Crippen molar-refractivity contribution in [1.82, 2.24) is 0 Å². The van der Waals surface area contributed by atoms with E-state index in [0.29, 0.717) is 33.4 Å². The summed E-state index contributed by atoms with van der Waals surface area (Å²) in [6.45, 7) is 5.77. The molecule has 0 saturated heterocycles. The summed E-state index contributed by atoms with van der Waals surface area (Å²) in [4.78, 5) is 12.5. The van der Waals surface area contributed by atoms with Gasteiger partial charge in [-0.2, -0.15) is 0 Å². The molecule has 1 aliphatic heterocycles. The number of methoxy groups -OCH3 is 1. The van der Waals surface area contributed by atoms with E-state index in [1.807, 2.05) is 32.9 Å². The van der Waals surface area contributed by atoms with Crippen LogP contribution in [0.2, 0.25) is 0 Å². The fraction of sp³-hybridized carbons (Fsp3) is 0.250. The van der Waals surface area contributed by atoms with Crippen LogP contribution in [0.15, 0.2) is 33.5 Å². The minimum atomic E-state index is -0.531. The summed E-state index contributed by atoms with van der Waals surface area (Å²) < 4.78 is 16.9. The van der Waals surface area contributed by atoms with E-state index in [4.69, 9.17) is 13.9 Å². The minimum absolute atomic E-state index is 0.00642. The maximum absolute atomic E-state index is 12.5. The highest BCUT2D eigenvalue weighted by molar-refractivity contribution is 6.11. The van der Waals surface area contributed by atoms with Crippen LogP contribution in [0, 0.1) is 6.92 Å². The van der Waals surface area contributed by atoms with Crippen LogP contribution in [0.25, 0.3) is 27.8 Å². The lowest BCUT2D eigenvalue weighted by Crippen LogP contribution is -2.29. The minimum Gasteiger partial charge on any atom is -0.507 e. The lowest BCUT2D eigenvalue weighted by Gasteiger charge is -2.28. The Bertz CT molecular complexity index is 1120. The number of phenolic OH excluding ortho intramolecular Hbond substituents is 1. The van der Waals surface area contributed by atoms with Crippen molar-refractivity contribution in [1.29, 1.82) is 0 Å². The van der Waals surface area contributed by atoms with Crippen LogP contribution in [0.4, 0.5) is 0 Å². The largest absolute Gasteiger partial charge is 0.507 e. The molecule has 5 heteroatoms. The van der Waals surface area contributed by atoms with Crippen molar-refractivity contribution in [2.24, 2.45) is 0 Å². The highest BCUT2D eigenvalue weighted by Gasteiger charge is 2.28. The van der Waals surface area contributed by atoms with Crippen molar-refractivity contribution in [3.05, 3.63) is 45.8 Å². The molecule has 1 aliphatic rings. The van der Waals surface area contributed by atoms with Crippen LogP contribution in [0.1, 0.15) is 25.0 Å². The van der Waals surface area contributed by atoms with E-state index in [9.17, 15) is 9.90 Å². The summed E-state index contributed by atoms with van der Waals surface area (Å²) in [5.74, 6) is 1.02. The van der Waals surface area contributed by atoms with Crippen LogP contribution in [-0.2, 0) is 0 Å². The Morgan fingerprint density at radius 2 is 1.92 bits per heavy atom. The normalized spacial score (nSPS) is 15.2. The molecule has 0 radical (unpaired) electrons. The van der Waals surface area contributed by atoms with Gasteiger partial charge in [-0.05, 0) is 49.9 Å². The fourth-order valence-corrected chi connectivity index (χ4v) is 3.30. The first-order chi connectivity index (χ1) is 11.8. The summed E-state index contributed by atoms with van der Waals surface area (Å²) in [7, 11) is 1.53. The van der Waals surface area contributed by atoms with E-state index in [1.165, 1.54) is 13.2 Å². The van der Waals surface area contributed by atoms with Crippen molar-refractivity contribution >= 4 is 27.8 Å². The molecule has 0 saturated carbocycles. The predicted octanol–water partition coefficient (Wildman–Crippen LogP) is 4.15. The molecule has 4 rings (SSSR count). The third kappa shape index (κ3) is 2.27. The van der Waals surface area contributed by atoms with E-state index < -0.39 is 11.2 Å². The lowest BCUT2D eigenvalue weighted by atomic mass is 9.97. The zero-order valence-corrected chi connectivity index (χ0v) is 14.5. The van der Waals surface area contributed by atoms with Crippen molar-refractivity contribution in [3.8, 4) is 17.2 Å². The number of benzene rings is 2. The average Bonchev–Trinajstić information content (AvgIpc) is 2.52. The second kappa shape index (κ2) is 5.02. The molecule has 2 heterocycles. The highest BCUT2D eigenvalue weighted by atomic mass is 16.5. The van der Waals surface area contributed by atoms with Gasteiger partial charge in [0.15, 0.2) is 5.58 Å². The molecule has 2 aromatic carbocycles. The van der Waals surface area contributed by atoms with E-state index in [-0.39, 0.29) is 5.75 Å². The van der Waals surface area contributed by atoms with Crippen LogP contribution in [-0.4, -0.2) is 17.8 Å².